The molecule has 1 aromatic carbocycles. The molecule has 1 fully saturated rings. The van der Waals surface area contributed by atoms with Crippen LogP contribution >= 0.6 is 0 Å². The molecule has 1 aromatic heterocycles. The second-order valence-electron chi connectivity index (χ2n) is 6.34. The van der Waals surface area contributed by atoms with Crippen molar-refractivity contribution in [2.24, 2.45) is 0 Å². The number of piperazine rings is 1. The summed E-state index contributed by atoms with van der Waals surface area (Å²) in [6, 6.07) is 4.65. The van der Waals surface area contributed by atoms with Gasteiger partial charge in [0.05, 0.1) is 5.75 Å². The van der Waals surface area contributed by atoms with Crippen molar-refractivity contribution in [3.63, 3.8) is 0 Å². The number of fused-ring (bicyclic) bond motifs is 1. The van der Waals surface area contributed by atoms with Crippen molar-refractivity contribution in [1.29, 1.82) is 0 Å². The van der Waals surface area contributed by atoms with Gasteiger partial charge in [-0.05, 0) is 28.9 Å². The predicted octanol–water partition coefficient (Wildman–Crippen LogP) is -0.141. The van der Waals surface area contributed by atoms with Crippen LogP contribution in [0.15, 0.2) is 27.7 Å². The third-order valence-corrected chi connectivity index (χ3v) is 8.01. The van der Waals surface area contributed by atoms with E-state index in [0.29, 0.717) is 44.7 Å². The second kappa shape index (κ2) is 8.19. The summed E-state index contributed by atoms with van der Waals surface area (Å²) >= 11 is 0. The molecule has 0 saturated carbocycles. The summed E-state index contributed by atoms with van der Waals surface area (Å²) in [6.45, 7) is 4.56. The molecule has 0 unspecified atom stereocenters. The highest BCUT2D eigenvalue weighted by atomic mass is 32.2. The first-order valence-corrected chi connectivity index (χ1v) is 11.8. The topological polar surface area (TPSA) is 126 Å². The van der Waals surface area contributed by atoms with Gasteiger partial charge in [-0.25, -0.2) is 26.2 Å². The Kier molecular flexibility index (Phi) is 6.11. The number of aromatic nitrogens is 2. The first kappa shape index (κ1) is 20.1. The van der Waals surface area contributed by atoms with E-state index in [2.05, 4.69) is 19.7 Å². The maximum absolute atomic E-state index is 12.5. The Balaban J connectivity index is 1.53. The van der Waals surface area contributed by atoms with Gasteiger partial charge in [0.1, 0.15) is 10.4 Å². The van der Waals surface area contributed by atoms with Gasteiger partial charge in [-0.2, -0.15) is 4.31 Å². The Hall–Kier alpha value is -1.60. The lowest BCUT2D eigenvalue weighted by Crippen LogP contribution is -2.50. The molecule has 2 heterocycles. The van der Waals surface area contributed by atoms with Crippen LogP contribution in [-0.4, -0.2) is 81.4 Å². The molecule has 0 bridgehead atoms. The molecular weight excluding hydrogens is 394 g/mol. The Morgan fingerprint density at radius 3 is 2.56 bits per heavy atom. The first-order chi connectivity index (χ1) is 12.8. The van der Waals surface area contributed by atoms with Gasteiger partial charge >= 0.3 is 0 Å². The highest BCUT2D eigenvalue weighted by Crippen LogP contribution is 2.19. The molecule has 0 radical (unpaired) electrons. The van der Waals surface area contributed by atoms with Crippen LogP contribution in [0.1, 0.15) is 13.3 Å². The number of benzene rings is 1. The number of hydrogen-bond donors (Lipinski definition) is 1. The monoisotopic (exact) mass is 417 g/mol. The molecule has 0 aliphatic carbocycles. The Morgan fingerprint density at radius 1 is 1.11 bits per heavy atom. The first-order valence-electron chi connectivity index (χ1n) is 8.74. The average Bonchev–Trinajstić information content (AvgIpc) is 3.10. The highest BCUT2D eigenvalue weighted by molar-refractivity contribution is 7.89. The van der Waals surface area contributed by atoms with Crippen LogP contribution in [0.25, 0.3) is 11.0 Å². The fraction of sp³-hybridized carbons (Fsp3) is 0.600. The molecular formula is C15H23N5O5S2. The fourth-order valence-corrected chi connectivity index (χ4v) is 5.70. The maximum atomic E-state index is 12.5. The minimum atomic E-state index is -3.74. The lowest BCUT2D eigenvalue weighted by atomic mass is 10.3. The summed E-state index contributed by atoms with van der Waals surface area (Å²) in [6.07, 6.45) is 0.595. The largest absolute Gasteiger partial charge is 0.299 e. The molecule has 3 rings (SSSR count). The van der Waals surface area contributed by atoms with Crippen LogP contribution in [0.3, 0.4) is 0 Å². The van der Waals surface area contributed by atoms with Crippen molar-refractivity contribution in [2.75, 3.05) is 45.0 Å². The third kappa shape index (κ3) is 4.63. The van der Waals surface area contributed by atoms with Gasteiger partial charge in [0, 0.05) is 39.3 Å². The summed E-state index contributed by atoms with van der Waals surface area (Å²) in [5.74, 6) is 0.162. The number of sulfonamides is 2. The molecule has 0 amide bonds. The number of rotatable bonds is 8. The lowest BCUT2D eigenvalue weighted by Gasteiger charge is -2.33. The summed E-state index contributed by atoms with van der Waals surface area (Å²) < 4.78 is 57.8. The molecule has 10 nitrogen and oxygen atoms in total. The van der Waals surface area contributed by atoms with E-state index in [1.54, 1.807) is 12.1 Å². The highest BCUT2D eigenvalue weighted by Gasteiger charge is 2.26. The van der Waals surface area contributed by atoms with Crippen molar-refractivity contribution in [2.45, 2.75) is 18.2 Å². The van der Waals surface area contributed by atoms with Crippen molar-refractivity contribution in [3.05, 3.63) is 18.2 Å². The van der Waals surface area contributed by atoms with Crippen molar-refractivity contribution in [3.8, 4) is 0 Å². The van der Waals surface area contributed by atoms with Gasteiger partial charge < -0.3 is 0 Å². The quantitative estimate of drug-likeness (QED) is 0.629. The lowest BCUT2D eigenvalue weighted by molar-refractivity contribution is 0.191. The summed E-state index contributed by atoms with van der Waals surface area (Å²) in [7, 11) is -6.92. The van der Waals surface area contributed by atoms with Crippen LogP contribution < -0.4 is 4.72 Å². The molecule has 0 spiro atoms. The smallest absolute Gasteiger partial charge is 0.242 e. The molecule has 0 atom stereocenters. The zero-order valence-electron chi connectivity index (χ0n) is 15.0. The predicted molar refractivity (Wildman–Crippen MR) is 99.1 cm³/mol. The molecule has 1 aliphatic heterocycles. The van der Waals surface area contributed by atoms with Crippen LogP contribution in [0.2, 0.25) is 0 Å². The Bertz CT molecular complexity index is 981. The van der Waals surface area contributed by atoms with Gasteiger partial charge in [-0.3, -0.25) is 4.90 Å². The average molecular weight is 418 g/mol. The SMILES string of the molecule is CCCS(=O)(=O)N1CCN(CCNS(=O)(=O)c2cccc3nonc23)CC1. The number of nitrogens with zero attached hydrogens (tertiary/aromatic N) is 4. The van der Waals surface area contributed by atoms with E-state index < -0.39 is 20.0 Å². The van der Waals surface area contributed by atoms with Gasteiger partial charge in [0.15, 0.2) is 5.52 Å². The van der Waals surface area contributed by atoms with Crippen molar-refractivity contribution in [1.82, 2.24) is 24.2 Å². The van der Waals surface area contributed by atoms with E-state index in [1.165, 1.54) is 10.4 Å². The fourth-order valence-electron chi connectivity index (χ4n) is 3.03. The van der Waals surface area contributed by atoms with Crippen LogP contribution in [0.4, 0.5) is 0 Å². The number of nitrogens with one attached hydrogen (secondary N) is 1. The van der Waals surface area contributed by atoms with E-state index in [1.807, 2.05) is 11.8 Å². The van der Waals surface area contributed by atoms with E-state index in [0.717, 1.165) is 0 Å². The third-order valence-electron chi connectivity index (χ3n) is 4.45. The minimum absolute atomic E-state index is 0.0247. The Labute approximate surface area is 158 Å². The molecule has 150 valence electrons. The maximum Gasteiger partial charge on any atom is 0.242 e. The van der Waals surface area contributed by atoms with Crippen LogP contribution in [-0.2, 0) is 20.0 Å². The summed E-state index contributed by atoms with van der Waals surface area (Å²) in [5, 5.41) is 7.30. The zero-order valence-corrected chi connectivity index (χ0v) is 16.7. The Morgan fingerprint density at radius 2 is 1.85 bits per heavy atom. The normalized spacial score (nSPS) is 17.5. The second-order valence-corrected chi connectivity index (χ2v) is 10.2. The van der Waals surface area contributed by atoms with Crippen molar-refractivity contribution >= 4 is 31.1 Å². The van der Waals surface area contributed by atoms with Gasteiger partial charge in [0.25, 0.3) is 0 Å². The van der Waals surface area contributed by atoms with Gasteiger partial charge in [0.2, 0.25) is 20.0 Å². The number of hydrogen-bond acceptors (Lipinski definition) is 8. The van der Waals surface area contributed by atoms with Gasteiger partial charge in [-0.15, -0.1) is 0 Å². The molecule has 1 saturated heterocycles. The summed E-state index contributed by atoms with van der Waals surface area (Å²) in [5.41, 5.74) is 0.571. The van der Waals surface area contributed by atoms with Gasteiger partial charge in [-0.1, -0.05) is 13.0 Å². The minimum Gasteiger partial charge on any atom is -0.299 e. The molecule has 27 heavy (non-hydrogen) atoms. The molecule has 12 heteroatoms. The van der Waals surface area contributed by atoms with E-state index >= 15 is 0 Å². The zero-order chi connectivity index (χ0) is 19.5. The van der Waals surface area contributed by atoms with Crippen LogP contribution in [0.5, 0.6) is 0 Å². The molecule has 2 aromatic rings. The summed E-state index contributed by atoms with van der Waals surface area (Å²) in [4.78, 5) is 2.07. The van der Waals surface area contributed by atoms with E-state index in [-0.39, 0.29) is 22.7 Å². The van der Waals surface area contributed by atoms with Crippen LogP contribution in [0, 0.1) is 0 Å². The van der Waals surface area contributed by atoms with E-state index in [4.69, 9.17) is 0 Å². The molecule has 1 aliphatic rings. The van der Waals surface area contributed by atoms with E-state index in [9.17, 15) is 16.8 Å². The molecule has 1 N–H and O–H groups in total. The van der Waals surface area contributed by atoms with Crippen molar-refractivity contribution < 1.29 is 21.5 Å². The standard InChI is InChI=1S/C15H23N5O5S2/c1-2-12-26(21,22)20-10-8-19(9-11-20)7-6-16-27(23,24)14-5-3-4-13-15(14)18-25-17-13/h3-5,16H,2,6-12H2,1H3.